The molecule has 0 fully saturated rings. The van der Waals surface area contributed by atoms with Crippen molar-refractivity contribution in [3.8, 4) is 11.5 Å². The summed E-state index contributed by atoms with van der Waals surface area (Å²) in [6, 6.07) is 12.0. The molecule has 100 valence electrons. The fourth-order valence-electron chi connectivity index (χ4n) is 1.82. The normalized spacial score (nSPS) is 10.4. The van der Waals surface area contributed by atoms with Crippen molar-refractivity contribution in [3.05, 3.63) is 59.4 Å². The summed E-state index contributed by atoms with van der Waals surface area (Å²) >= 11 is 0. The number of phenols is 1. The molecule has 4 heteroatoms. The fourth-order valence-corrected chi connectivity index (χ4v) is 1.82. The second kappa shape index (κ2) is 6.20. The number of hydrogen-bond acceptors (Lipinski definition) is 3. The molecule has 0 amide bonds. The van der Waals surface area contributed by atoms with Crippen LogP contribution in [-0.2, 0) is 13.1 Å². The largest absolute Gasteiger partial charge is 0.508 e. The molecule has 0 heterocycles. The average Bonchev–Trinajstić information content (AvgIpc) is 2.41. The van der Waals surface area contributed by atoms with Crippen molar-refractivity contribution in [2.75, 3.05) is 7.11 Å². The quantitative estimate of drug-likeness (QED) is 0.869. The molecule has 0 spiro atoms. The van der Waals surface area contributed by atoms with Gasteiger partial charge in [-0.2, -0.15) is 0 Å². The highest BCUT2D eigenvalue weighted by Crippen LogP contribution is 2.18. The Kier molecular flexibility index (Phi) is 4.36. The standard InChI is InChI=1S/C15H16FNO2/c1-19-15-7-6-11(8-13(15)16)9-17-10-12-4-2-3-5-14(12)18/h2-8,17-18H,9-10H2,1H3. The Labute approximate surface area is 111 Å². The number of para-hydroxylation sites is 1. The summed E-state index contributed by atoms with van der Waals surface area (Å²) in [6.45, 7) is 1.05. The Bertz CT molecular complexity index is 558. The van der Waals surface area contributed by atoms with Gasteiger partial charge in [-0.15, -0.1) is 0 Å². The lowest BCUT2D eigenvalue weighted by Gasteiger charge is -2.08. The molecule has 19 heavy (non-hydrogen) atoms. The van der Waals surface area contributed by atoms with Crippen LogP contribution in [0.4, 0.5) is 4.39 Å². The van der Waals surface area contributed by atoms with E-state index in [0.29, 0.717) is 13.1 Å². The van der Waals surface area contributed by atoms with Crippen LogP contribution in [0.25, 0.3) is 0 Å². The SMILES string of the molecule is COc1ccc(CNCc2ccccc2O)cc1F. The summed E-state index contributed by atoms with van der Waals surface area (Å²) in [6.07, 6.45) is 0. The number of hydrogen-bond donors (Lipinski definition) is 2. The molecular weight excluding hydrogens is 245 g/mol. The topological polar surface area (TPSA) is 41.5 Å². The first-order valence-corrected chi connectivity index (χ1v) is 6.00. The zero-order valence-corrected chi connectivity index (χ0v) is 10.7. The number of ether oxygens (including phenoxy) is 1. The summed E-state index contributed by atoms with van der Waals surface area (Å²) in [4.78, 5) is 0. The minimum absolute atomic E-state index is 0.240. The van der Waals surface area contributed by atoms with Gasteiger partial charge in [-0.1, -0.05) is 24.3 Å². The fraction of sp³-hybridized carbons (Fsp3) is 0.200. The highest BCUT2D eigenvalue weighted by molar-refractivity contribution is 5.32. The molecule has 2 rings (SSSR count). The van der Waals surface area contributed by atoms with E-state index in [1.165, 1.54) is 13.2 Å². The lowest BCUT2D eigenvalue weighted by Crippen LogP contribution is -2.12. The number of methoxy groups -OCH3 is 1. The van der Waals surface area contributed by atoms with Crippen molar-refractivity contribution >= 4 is 0 Å². The van der Waals surface area contributed by atoms with Crippen LogP contribution in [0.15, 0.2) is 42.5 Å². The summed E-state index contributed by atoms with van der Waals surface area (Å²) in [7, 11) is 1.44. The zero-order chi connectivity index (χ0) is 13.7. The predicted molar refractivity (Wildman–Crippen MR) is 71.6 cm³/mol. The molecule has 0 unspecified atom stereocenters. The molecule has 0 aromatic heterocycles. The van der Waals surface area contributed by atoms with Crippen molar-refractivity contribution < 1.29 is 14.2 Å². The number of benzene rings is 2. The van der Waals surface area contributed by atoms with Crippen molar-refractivity contribution in [1.29, 1.82) is 0 Å². The molecule has 0 saturated carbocycles. The molecule has 0 atom stereocenters. The van der Waals surface area contributed by atoms with E-state index >= 15 is 0 Å². The maximum absolute atomic E-state index is 13.5. The van der Waals surface area contributed by atoms with E-state index < -0.39 is 0 Å². The summed E-state index contributed by atoms with van der Waals surface area (Å²) in [5.74, 6) is 0.129. The molecule has 3 nitrogen and oxygen atoms in total. The van der Waals surface area contributed by atoms with E-state index in [0.717, 1.165) is 11.1 Å². The molecule has 2 aromatic rings. The van der Waals surface area contributed by atoms with Gasteiger partial charge in [0.1, 0.15) is 5.75 Å². The predicted octanol–water partition coefficient (Wildman–Crippen LogP) is 2.83. The van der Waals surface area contributed by atoms with Crippen LogP contribution in [0.5, 0.6) is 11.5 Å². The maximum Gasteiger partial charge on any atom is 0.165 e. The van der Waals surface area contributed by atoms with Crippen molar-refractivity contribution in [3.63, 3.8) is 0 Å². The number of nitrogens with one attached hydrogen (secondary N) is 1. The van der Waals surface area contributed by atoms with E-state index in [1.54, 1.807) is 24.3 Å². The second-order valence-corrected chi connectivity index (χ2v) is 4.20. The van der Waals surface area contributed by atoms with Gasteiger partial charge in [-0.05, 0) is 23.8 Å². The highest BCUT2D eigenvalue weighted by atomic mass is 19.1. The van der Waals surface area contributed by atoms with Gasteiger partial charge in [0.05, 0.1) is 7.11 Å². The summed E-state index contributed by atoms with van der Waals surface area (Å²) in [5.41, 5.74) is 1.64. The molecule has 2 N–H and O–H groups in total. The van der Waals surface area contributed by atoms with Crippen LogP contribution in [0.3, 0.4) is 0 Å². The van der Waals surface area contributed by atoms with Crippen LogP contribution in [0.2, 0.25) is 0 Å². The minimum atomic E-state index is -0.371. The van der Waals surface area contributed by atoms with Crippen LogP contribution in [-0.4, -0.2) is 12.2 Å². The van der Waals surface area contributed by atoms with E-state index in [-0.39, 0.29) is 17.3 Å². The Hall–Kier alpha value is -2.07. The Morgan fingerprint density at radius 2 is 1.95 bits per heavy atom. The van der Waals surface area contributed by atoms with E-state index in [4.69, 9.17) is 4.74 Å². The van der Waals surface area contributed by atoms with Gasteiger partial charge in [0.15, 0.2) is 11.6 Å². The monoisotopic (exact) mass is 261 g/mol. The number of aromatic hydroxyl groups is 1. The molecule has 0 bridgehead atoms. The van der Waals surface area contributed by atoms with Gasteiger partial charge >= 0.3 is 0 Å². The molecule has 0 aliphatic carbocycles. The van der Waals surface area contributed by atoms with Crippen molar-refractivity contribution in [1.82, 2.24) is 5.32 Å². The third-order valence-electron chi connectivity index (χ3n) is 2.85. The van der Waals surface area contributed by atoms with Crippen molar-refractivity contribution in [2.24, 2.45) is 0 Å². The number of rotatable bonds is 5. The molecule has 0 saturated heterocycles. The van der Waals surface area contributed by atoms with Gasteiger partial charge in [0.25, 0.3) is 0 Å². The maximum atomic E-state index is 13.5. The Morgan fingerprint density at radius 1 is 1.16 bits per heavy atom. The summed E-state index contributed by atoms with van der Waals surface area (Å²) in [5, 5.41) is 12.8. The van der Waals surface area contributed by atoms with E-state index in [9.17, 15) is 9.50 Å². The van der Waals surface area contributed by atoms with Crippen molar-refractivity contribution in [2.45, 2.75) is 13.1 Å². The highest BCUT2D eigenvalue weighted by Gasteiger charge is 2.04. The van der Waals surface area contributed by atoms with Gasteiger partial charge in [-0.3, -0.25) is 0 Å². The third-order valence-corrected chi connectivity index (χ3v) is 2.85. The number of halogens is 1. The van der Waals surface area contributed by atoms with Crippen LogP contribution < -0.4 is 10.1 Å². The van der Waals surface area contributed by atoms with Gasteiger partial charge in [0, 0.05) is 18.7 Å². The minimum Gasteiger partial charge on any atom is -0.508 e. The zero-order valence-electron chi connectivity index (χ0n) is 10.7. The third kappa shape index (κ3) is 3.45. The first-order chi connectivity index (χ1) is 9.20. The Morgan fingerprint density at radius 3 is 2.63 bits per heavy atom. The van der Waals surface area contributed by atoms with Crippen LogP contribution >= 0.6 is 0 Å². The lowest BCUT2D eigenvalue weighted by molar-refractivity contribution is 0.386. The smallest absolute Gasteiger partial charge is 0.165 e. The molecule has 0 aliphatic heterocycles. The molecule has 2 aromatic carbocycles. The van der Waals surface area contributed by atoms with E-state index in [2.05, 4.69) is 5.32 Å². The molecule has 0 radical (unpaired) electrons. The first-order valence-electron chi connectivity index (χ1n) is 6.00. The average molecular weight is 261 g/mol. The lowest BCUT2D eigenvalue weighted by atomic mass is 10.2. The summed E-state index contributed by atoms with van der Waals surface area (Å²) < 4.78 is 18.3. The van der Waals surface area contributed by atoms with Gasteiger partial charge < -0.3 is 15.2 Å². The van der Waals surface area contributed by atoms with Crippen LogP contribution in [0.1, 0.15) is 11.1 Å². The van der Waals surface area contributed by atoms with Gasteiger partial charge in [-0.25, -0.2) is 4.39 Å². The van der Waals surface area contributed by atoms with Gasteiger partial charge in [0.2, 0.25) is 0 Å². The Balaban J connectivity index is 1.93. The molecular formula is C15H16FNO2. The van der Waals surface area contributed by atoms with Crippen LogP contribution in [0, 0.1) is 5.82 Å². The molecule has 0 aliphatic rings. The van der Waals surface area contributed by atoms with E-state index in [1.807, 2.05) is 12.1 Å². The second-order valence-electron chi connectivity index (χ2n) is 4.20. The first kappa shape index (κ1) is 13.4. The number of phenolic OH excluding ortho intramolecular Hbond substituents is 1.